The van der Waals surface area contributed by atoms with E-state index in [1.165, 1.54) is 6.07 Å². The molecule has 0 aliphatic heterocycles. The second-order valence-electron chi connectivity index (χ2n) is 3.42. The molecule has 1 rings (SSSR count). The number of anilines is 1. The number of carboxylic acid groups (broad SMARTS) is 1. The van der Waals surface area contributed by atoms with Gasteiger partial charge in [-0.25, -0.2) is 9.78 Å². The Labute approximate surface area is 99.3 Å². The Kier molecular flexibility index (Phi) is 5.38. The summed E-state index contributed by atoms with van der Waals surface area (Å²) in [6.07, 6.45) is 0. The first-order valence-electron chi connectivity index (χ1n) is 5.28. The van der Waals surface area contributed by atoms with Crippen molar-refractivity contribution < 1.29 is 19.7 Å². The van der Waals surface area contributed by atoms with Crippen LogP contribution in [0.15, 0.2) is 12.1 Å². The van der Waals surface area contributed by atoms with Gasteiger partial charge < -0.3 is 20.3 Å². The molecule has 0 saturated carbocycles. The number of aromatic nitrogens is 1. The van der Waals surface area contributed by atoms with E-state index in [0.29, 0.717) is 19.0 Å². The van der Waals surface area contributed by atoms with Gasteiger partial charge in [0.2, 0.25) is 0 Å². The number of ether oxygens (including phenoxy) is 1. The maximum Gasteiger partial charge on any atom is 0.339 e. The van der Waals surface area contributed by atoms with E-state index in [9.17, 15) is 4.79 Å². The topological polar surface area (TPSA) is 91.7 Å². The van der Waals surface area contributed by atoms with E-state index < -0.39 is 5.97 Å². The average Bonchev–Trinajstić information content (AvgIpc) is 2.28. The molecule has 0 unspecified atom stereocenters. The molecule has 0 atom stereocenters. The van der Waals surface area contributed by atoms with Crippen molar-refractivity contribution in [2.24, 2.45) is 0 Å². The molecule has 1 aromatic rings. The second-order valence-corrected chi connectivity index (χ2v) is 3.42. The van der Waals surface area contributed by atoms with E-state index in [4.69, 9.17) is 14.9 Å². The van der Waals surface area contributed by atoms with Crippen LogP contribution in [0.2, 0.25) is 0 Å². The van der Waals surface area contributed by atoms with Gasteiger partial charge in [0.15, 0.2) is 0 Å². The highest BCUT2D eigenvalue weighted by atomic mass is 16.5. The molecule has 94 valence electrons. The number of nitrogens with zero attached hydrogens (tertiary/aromatic N) is 1. The van der Waals surface area contributed by atoms with Gasteiger partial charge in [0.05, 0.1) is 19.8 Å². The Morgan fingerprint density at radius 1 is 1.47 bits per heavy atom. The van der Waals surface area contributed by atoms with Crippen LogP contribution in [-0.2, 0) is 4.74 Å². The fraction of sp³-hybridized carbons (Fsp3) is 0.455. The maximum absolute atomic E-state index is 10.9. The summed E-state index contributed by atoms with van der Waals surface area (Å²) >= 11 is 0. The quantitative estimate of drug-likeness (QED) is 0.601. The summed E-state index contributed by atoms with van der Waals surface area (Å²) in [5, 5.41) is 20.3. The van der Waals surface area contributed by atoms with Crippen molar-refractivity contribution in [1.82, 2.24) is 4.98 Å². The van der Waals surface area contributed by atoms with Crippen LogP contribution in [0.1, 0.15) is 16.1 Å². The molecule has 0 radical (unpaired) electrons. The van der Waals surface area contributed by atoms with Crippen LogP contribution in [-0.4, -0.2) is 47.5 Å². The van der Waals surface area contributed by atoms with Crippen molar-refractivity contribution in [2.75, 3.05) is 31.7 Å². The van der Waals surface area contributed by atoms with E-state index in [1.54, 1.807) is 13.0 Å². The van der Waals surface area contributed by atoms with Gasteiger partial charge in [-0.1, -0.05) is 0 Å². The Morgan fingerprint density at radius 3 is 2.88 bits per heavy atom. The Balaban J connectivity index is 2.56. The summed E-state index contributed by atoms with van der Waals surface area (Å²) in [4.78, 5) is 15.0. The summed E-state index contributed by atoms with van der Waals surface area (Å²) in [5.41, 5.74) is 0.881. The highest BCUT2D eigenvalue weighted by Crippen LogP contribution is 2.12. The van der Waals surface area contributed by atoms with Gasteiger partial charge in [0, 0.05) is 12.2 Å². The highest BCUT2D eigenvalue weighted by Gasteiger charge is 2.10. The first-order chi connectivity index (χ1) is 8.15. The predicted octanol–water partition coefficient (Wildman–Crippen LogP) is 0.509. The molecular formula is C11H16N2O4. The third-order valence-electron chi connectivity index (χ3n) is 2.04. The zero-order valence-corrected chi connectivity index (χ0v) is 9.64. The third-order valence-corrected chi connectivity index (χ3v) is 2.04. The lowest BCUT2D eigenvalue weighted by Crippen LogP contribution is -2.15. The molecule has 0 amide bonds. The molecule has 0 spiro atoms. The van der Waals surface area contributed by atoms with Crippen molar-refractivity contribution in [3.05, 3.63) is 23.4 Å². The van der Waals surface area contributed by atoms with Crippen molar-refractivity contribution in [2.45, 2.75) is 6.92 Å². The molecule has 3 N–H and O–H groups in total. The Morgan fingerprint density at radius 2 is 2.24 bits per heavy atom. The Bertz CT molecular complexity index is 382. The number of aliphatic hydroxyl groups excluding tert-OH is 1. The molecule has 1 aromatic heterocycles. The van der Waals surface area contributed by atoms with Gasteiger partial charge in [0.1, 0.15) is 11.4 Å². The standard InChI is InChI=1S/C11H16N2O4/c1-8-2-3-9(11(15)16)10(13-8)12-4-6-17-7-5-14/h2-3,14H,4-7H2,1H3,(H,12,13)(H,15,16). The zero-order valence-electron chi connectivity index (χ0n) is 9.64. The van der Waals surface area contributed by atoms with Gasteiger partial charge in [-0.3, -0.25) is 0 Å². The first-order valence-corrected chi connectivity index (χ1v) is 5.28. The minimum absolute atomic E-state index is 0.0247. The van der Waals surface area contributed by atoms with E-state index in [-0.39, 0.29) is 18.8 Å². The molecule has 6 nitrogen and oxygen atoms in total. The largest absolute Gasteiger partial charge is 0.478 e. The number of aliphatic hydroxyl groups is 1. The summed E-state index contributed by atoms with van der Waals surface area (Å²) in [7, 11) is 0. The molecule has 0 fully saturated rings. The lowest BCUT2D eigenvalue weighted by atomic mass is 10.2. The van der Waals surface area contributed by atoms with Gasteiger partial charge in [0.25, 0.3) is 0 Å². The SMILES string of the molecule is Cc1ccc(C(=O)O)c(NCCOCCO)n1. The zero-order chi connectivity index (χ0) is 12.7. The van der Waals surface area contributed by atoms with Gasteiger partial charge >= 0.3 is 5.97 Å². The first kappa shape index (κ1) is 13.4. The summed E-state index contributed by atoms with van der Waals surface area (Å²) < 4.78 is 5.05. The number of pyridine rings is 1. The second kappa shape index (κ2) is 6.82. The van der Waals surface area contributed by atoms with Crippen LogP contribution < -0.4 is 5.32 Å². The summed E-state index contributed by atoms with van der Waals surface area (Å²) in [6.45, 7) is 2.86. The van der Waals surface area contributed by atoms with Crippen LogP contribution in [0.5, 0.6) is 0 Å². The lowest BCUT2D eigenvalue weighted by Gasteiger charge is -2.09. The summed E-state index contributed by atoms with van der Waals surface area (Å²) in [5.74, 6) is -0.679. The van der Waals surface area contributed by atoms with E-state index >= 15 is 0 Å². The van der Waals surface area contributed by atoms with Crippen LogP contribution in [0, 0.1) is 6.92 Å². The number of nitrogens with one attached hydrogen (secondary N) is 1. The number of hydrogen-bond acceptors (Lipinski definition) is 5. The number of aryl methyl sites for hydroxylation is 1. The van der Waals surface area contributed by atoms with Crippen molar-refractivity contribution in [3.8, 4) is 0 Å². The molecule has 0 aromatic carbocycles. The number of carbonyl (C=O) groups is 1. The Hall–Kier alpha value is -1.66. The van der Waals surface area contributed by atoms with E-state index in [2.05, 4.69) is 10.3 Å². The van der Waals surface area contributed by atoms with Gasteiger partial charge in [-0.05, 0) is 19.1 Å². The smallest absolute Gasteiger partial charge is 0.339 e. The summed E-state index contributed by atoms with van der Waals surface area (Å²) in [6, 6.07) is 3.17. The number of aromatic carboxylic acids is 1. The van der Waals surface area contributed by atoms with Crippen LogP contribution in [0.4, 0.5) is 5.82 Å². The average molecular weight is 240 g/mol. The molecule has 0 saturated heterocycles. The molecule has 0 aliphatic carbocycles. The normalized spacial score (nSPS) is 10.2. The number of hydrogen-bond donors (Lipinski definition) is 3. The van der Waals surface area contributed by atoms with Crippen LogP contribution in [0.3, 0.4) is 0 Å². The van der Waals surface area contributed by atoms with E-state index in [1.807, 2.05) is 0 Å². The molecule has 0 aliphatic rings. The third kappa shape index (κ3) is 4.38. The minimum atomic E-state index is -1.02. The fourth-order valence-corrected chi connectivity index (χ4v) is 1.27. The van der Waals surface area contributed by atoms with Gasteiger partial charge in [-0.2, -0.15) is 0 Å². The molecule has 0 bridgehead atoms. The van der Waals surface area contributed by atoms with Crippen molar-refractivity contribution in [1.29, 1.82) is 0 Å². The predicted molar refractivity (Wildman–Crippen MR) is 62.3 cm³/mol. The number of carboxylic acids is 1. The monoisotopic (exact) mass is 240 g/mol. The maximum atomic E-state index is 10.9. The van der Waals surface area contributed by atoms with E-state index in [0.717, 1.165) is 5.69 Å². The highest BCUT2D eigenvalue weighted by molar-refractivity contribution is 5.93. The molecule has 6 heteroatoms. The molecular weight excluding hydrogens is 224 g/mol. The van der Waals surface area contributed by atoms with Crippen LogP contribution in [0.25, 0.3) is 0 Å². The van der Waals surface area contributed by atoms with Crippen LogP contribution >= 0.6 is 0 Å². The van der Waals surface area contributed by atoms with Crippen molar-refractivity contribution in [3.63, 3.8) is 0 Å². The van der Waals surface area contributed by atoms with Gasteiger partial charge in [-0.15, -0.1) is 0 Å². The lowest BCUT2D eigenvalue weighted by molar-refractivity contribution is 0.0697. The fourth-order valence-electron chi connectivity index (χ4n) is 1.27. The van der Waals surface area contributed by atoms with Crippen molar-refractivity contribution >= 4 is 11.8 Å². The number of rotatable bonds is 7. The molecule has 1 heterocycles. The minimum Gasteiger partial charge on any atom is -0.478 e. The molecule has 17 heavy (non-hydrogen) atoms.